The molecule has 0 radical (unpaired) electrons. The van der Waals surface area contributed by atoms with E-state index in [1.807, 2.05) is 75.4 Å². The lowest BCUT2D eigenvalue weighted by atomic mass is 9.80. The molecule has 0 aromatic carbocycles. The SMILES string of the molecule is CCCCOC(=O)[C@@H]1CCCN1C(=O)[C@H](CC(C)C)NC(=O)[C@@H](NC(=O)C[C@H](CC(C)(C)[Si](C)(C)O)[C@H](NC(=O)OC(C)(C)C)[C@@H](C)CC)C(C)C. The van der Waals surface area contributed by atoms with Gasteiger partial charge in [-0.25, -0.2) is 9.59 Å². The maximum absolute atomic E-state index is 14.0. The first kappa shape index (κ1) is 47.3. The van der Waals surface area contributed by atoms with E-state index in [4.69, 9.17) is 9.47 Å². The summed E-state index contributed by atoms with van der Waals surface area (Å²) < 4.78 is 11.1. The van der Waals surface area contributed by atoms with E-state index >= 15 is 0 Å². The van der Waals surface area contributed by atoms with Gasteiger partial charge in [0.25, 0.3) is 0 Å². The number of carbonyl (C=O) groups excluding carboxylic acids is 5. The molecular formula is C39H74N4O8Si. The van der Waals surface area contributed by atoms with Gasteiger partial charge < -0.3 is 35.1 Å². The first-order valence-corrected chi connectivity index (χ1v) is 22.6. The van der Waals surface area contributed by atoms with Gasteiger partial charge in [0.1, 0.15) is 23.7 Å². The van der Waals surface area contributed by atoms with Gasteiger partial charge in [-0.1, -0.05) is 75.2 Å². The highest BCUT2D eigenvalue weighted by Gasteiger charge is 2.44. The number of hydrogen-bond acceptors (Lipinski definition) is 8. The monoisotopic (exact) mass is 755 g/mol. The molecule has 52 heavy (non-hydrogen) atoms. The second-order valence-electron chi connectivity index (χ2n) is 17.9. The molecule has 0 aromatic rings. The summed E-state index contributed by atoms with van der Waals surface area (Å²) in [4.78, 5) is 80.5. The van der Waals surface area contributed by atoms with Gasteiger partial charge in [0.2, 0.25) is 17.7 Å². The lowest BCUT2D eigenvalue weighted by molar-refractivity contribution is -0.154. The summed E-state index contributed by atoms with van der Waals surface area (Å²) >= 11 is 0. The molecule has 6 atom stereocenters. The van der Waals surface area contributed by atoms with Crippen LogP contribution in [-0.4, -0.2) is 90.7 Å². The van der Waals surface area contributed by atoms with E-state index in [0.29, 0.717) is 38.8 Å². The Balaban J connectivity index is 3.34. The Morgan fingerprint density at radius 2 is 1.56 bits per heavy atom. The molecule has 4 amide bonds. The second kappa shape index (κ2) is 20.7. The van der Waals surface area contributed by atoms with Gasteiger partial charge in [0, 0.05) is 19.0 Å². The Morgan fingerprint density at radius 1 is 0.942 bits per heavy atom. The Hall–Kier alpha value is -2.67. The van der Waals surface area contributed by atoms with Crippen LogP contribution in [0.2, 0.25) is 18.1 Å². The van der Waals surface area contributed by atoms with Crippen LogP contribution in [0, 0.1) is 23.7 Å². The number of rotatable bonds is 20. The van der Waals surface area contributed by atoms with E-state index in [0.717, 1.165) is 19.3 Å². The van der Waals surface area contributed by atoms with Gasteiger partial charge in [-0.3, -0.25) is 14.4 Å². The van der Waals surface area contributed by atoms with Crippen molar-refractivity contribution in [2.24, 2.45) is 23.7 Å². The Bertz CT molecular complexity index is 1180. The molecule has 1 fully saturated rings. The van der Waals surface area contributed by atoms with E-state index < -0.39 is 61.1 Å². The van der Waals surface area contributed by atoms with Gasteiger partial charge in [0.05, 0.1) is 6.61 Å². The summed E-state index contributed by atoms with van der Waals surface area (Å²) in [7, 11) is -2.72. The van der Waals surface area contributed by atoms with Crippen molar-refractivity contribution < 1.29 is 38.2 Å². The highest BCUT2D eigenvalue weighted by molar-refractivity contribution is 6.72. The van der Waals surface area contributed by atoms with Crippen LogP contribution in [0.15, 0.2) is 0 Å². The van der Waals surface area contributed by atoms with Gasteiger partial charge in [-0.15, -0.1) is 0 Å². The van der Waals surface area contributed by atoms with Crippen LogP contribution in [0.1, 0.15) is 134 Å². The number of amides is 4. The van der Waals surface area contributed by atoms with Crippen molar-refractivity contribution in [3.05, 3.63) is 0 Å². The van der Waals surface area contributed by atoms with E-state index in [1.165, 1.54) is 4.90 Å². The topological polar surface area (TPSA) is 163 Å². The minimum atomic E-state index is -2.72. The van der Waals surface area contributed by atoms with Crippen LogP contribution in [0.25, 0.3) is 0 Å². The molecule has 0 spiro atoms. The maximum Gasteiger partial charge on any atom is 0.407 e. The van der Waals surface area contributed by atoms with Crippen LogP contribution in [-0.2, 0) is 28.7 Å². The Morgan fingerprint density at radius 3 is 2.06 bits per heavy atom. The summed E-state index contributed by atoms with van der Waals surface area (Å²) in [6.45, 7) is 27.5. The Kier molecular flexibility index (Phi) is 18.8. The molecule has 0 aliphatic carbocycles. The Labute approximate surface area is 315 Å². The van der Waals surface area contributed by atoms with Crippen LogP contribution in [0.5, 0.6) is 0 Å². The summed E-state index contributed by atoms with van der Waals surface area (Å²) in [5, 5.41) is 8.43. The molecule has 1 heterocycles. The number of likely N-dealkylation sites (tertiary alicyclic amines) is 1. The minimum Gasteiger partial charge on any atom is -0.464 e. The van der Waals surface area contributed by atoms with Crippen LogP contribution in [0.3, 0.4) is 0 Å². The molecule has 12 nitrogen and oxygen atoms in total. The fraction of sp³-hybridized carbons (Fsp3) is 0.872. The second-order valence-corrected chi connectivity index (χ2v) is 22.3. The third kappa shape index (κ3) is 15.4. The molecule has 302 valence electrons. The predicted molar refractivity (Wildman–Crippen MR) is 208 cm³/mol. The zero-order valence-electron chi connectivity index (χ0n) is 34.9. The first-order chi connectivity index (χ1) is 23.8. The fourth-order valence-electron chi connectivity index (χ4n) is 6.50. The van der Waals surface area contributed by atoms with Gasteiger partial charge in [-0.05, 0) is 94.7 Å². The molecule has 1 rings (SSSR count). The predicted octanol–water partition coefficient (Wildman–Crippen LogP) is 6.31. The zero-order valence-corrected chi connectivity index (χ0v) is 35.9. The quantitative estimate of drug-likeness (QED) is 0.0639. The lowest BCUT2D eigenvalue weighted by Gasteiger charge is -2.41. The fourth-order valence-corrected chi connectivity index (χ4v) is 7.26. The molecule has 0 unspecified atom stereocenters. The van der Waals surface area contributed by atoms with E-state index in [1.54, 1.807) is 20.8 Å². The molecule has 13 heteroatoms. The van der Waals surface area contributed by atoms with Crippen molar-refractivity contribution in [1.82, 2.24) is 20.9 Å². The van der Waals surface area contributed by atoms with Gasteiger partial charge >= 0.3 is 12.1 Å². The number of alkyl carbamates (subject to hydrolysis) is 1. The van der Waals surface area contributed by atoms with Crippen molar-refractivity contribution in [3.63, 3.8) is 0 Å². The van der Waals surface area contributed by atoms with E-state index in [9.17, 15) is 28.8 Å². The van der Waals surface area contributed by atoms with Crippen LogP contribution >= 0.6 is 0 Å². The minimum absolute atomic E-state index is 0.000825. The number of hydrogen-bond donors (Lipinski definition) is 4. The molecule has 0 aromatic heterocycles. The molecular weight excluding hydrogens is 681 g/mol. The van der Waals surface area contributed by atoms with Crippen LogP contribution < -0.4 is 16.0 Å². The summed E-state index contributed by atoms with van der Waals surface area (Å²) in [6.07, 6.45) is 3.80. The summed E-state index contributed by atoms with van der Waals surface area (Å²) in [6, 6.07) is -2.95. The van der Waals surface area contributed by atoms with E-state index in [2.05, 4.69) is 16.0 Å². The van der Waals surface area contributed by atoms with Crippen LogP contribution in [0.4, 0.5) is 4.79 Å². The number of ether oxygens (including phenoxy) is 2. The number of esters is 1. The zero-order chi connectivity index (χ0) is 40.2. The maximum atomic E-state index is 14.0. The van der Waals surface area contributed by atoms with E-state index in [-0.39, 0.29) is 41.9 Å². The lowest BCUT2D eigenvalue weighted by Crippen LogP contribution is -2.57. The van der Waals surface area contributed by atoms with Crippen molar-refractivity contribution in [1.29, 1.82) is 0 Å². The molecule has 0 saturated carbocycles. The largest absolute Gasteiger partial charge is 0.464 e. The molecule has 1 aliphatic heterocycles. The summed E-state index contributed by atoms with van der Waals surface area (Å²) in [5.74, 6) is -2.23. The third-order valence-corrected chi connectivity index (χ3v) is 14.0. The molecule has 0 bridgehead atoms. The average Bonchev–Trinajstić information content (AvgIpc) is 3.49. The number of nitrogens with zero attached hydrogens (tertiary/aromatic N) is 1. The molecule has 1 aliphatic rings. The third-order valence-electron chi connectivity index (χ3n) is 10.5. The van der Waals surface area contributed by atoms with Gasteiger partial charge in [0.15, 0.2) is 8.32 Å². The standard InChI is InChI=1S/C39H74N4O8Si/c1-15-17-21-50-36(47)30-19-18-20-43(30)35(46)29(22-25(3)4)40-34(45)32(26(5)6)41-31(44)23-28(24-39(11,12)52(13,14)49)33(27(7)16-2)42-37(48)51-38(8,9)10/h25-30,32-33,49H,15-24H2,1-14H3,(H,40,45)(H,41,44)(H,42,48)/t27-,28+,29-,30-,32-,33+/m0/s1. The molecule has 1 saturated heterocycles. The molecule has 4 N–H and O–H groups in total. The summed E-state index contributed by atoms with van der Waals surface area (Å²) in [5.41, 5.74) is -0.712. The van der Waals surface area contributed by atoms with Crippen molar-refractivity contribution in [2.75, 3.05) is 13.2 Å². The highest BCUT2D eigenvalue weighted by Crippen LogP contribution is 2.44. The highest BCUT2D eigenvalue weighted by atomic mass is 28.4. The average molecular weight is 755 g/mol. The number of unbranched alkanes of at least 4 members (excludes halogenated alkanes) is 1. The van der Waals surface area contributed by atoms with Crippen molar-refractivity contribution in [3.8, 4) is 0 Å². The normalized spacial score (nSPS) is 18.3. The van der Waals surface area contributed by atoms with Crippen molar-refractivity contribution >= 4 is 38.1 Å². The first-order valence-electron chi connectivity index (χ1n) is 19.6. The smallest absolute Gasteiger partial charge is 0.407 e. The van der Waals surface area contributed by atoms with Crippen molar-refractivity contribution in [2.45, 2.75) is 182 Å². The van der Waals surface area contributed by atoms with Gasteiger partial charge in [-0.2, -0.15) is 0 Å². The number of carbonyl (C=O) groups is 5. The number of nitrogens with one attached hydrogen (secondary N) is 3.